The van der Waals surface area contributed by atoms with Crippen LogP contribution in [0, 0.1) is 0 Å². The molecule has 0 aromatic heterocycles. The second kappa shape index (κ2) is 7.11. The lowest BCUT2D eigenvalue weighted by Gasteiger charge is -2.27. The van der Waals surface area contributed by atoms with Crippen LogP contribution >= 0.6 is 0 Å². The molecule has 2 amide bonds. The van der Waals surface area contributed by atoms with Crippen molar-refractivity contribution in [3.05, 3.63) is 0 Å². The van der Waals surface area contributed by atoms with Gasteiger partial charge in [-0.05, 0) is 6.42 Å². The maximum atomic E-state index is 11.9. The Balaban J connectivity index is 2.57. The van der Waals surface area contributed by atoms with Gasteiger partial charge in [0.1, 0.15) is 0 Å². The van der Waals surface area contributed by atoms with Gasteiger partial charge in [-0.15, -0.1) is 0 Å². The van der Waals surface area contributed by atoms with Crippen molar-refractivity contribution >= 4 is 17.8 Å². The van der Waals surface area contributed by atoms with E-state index < -0.39 is 11.5 Å². The average molecular weight is 270 g/mol. The Morgan fingerprint density at radius 3 is 2.68 bits per heavy atom. The third-order valence-corrected chi connectivity index (χ3v) is 3.25. The van der Waals surface area contributed by atoms with Gasteiger partial charge in [0.15, 0.2) is 0 Å². The van der Waals surface area contributed by atoms with Crippen LogP contribution in [0.5, 0.6) is 0 Å². The van der Waals surface area contributed by atoms with Crippen molar-refractivity contribution in [3.8, 4) is 0 Å². The second-order valence-electron chi connectivity index (χ2n) is 4.99. The van der Waals surface area contributed by atoms with E-state index in [0.29, 0.717) is 6.42 Å². The van der Waals surface area contributed by atoms with Crippen LogP contribution in [0.2, 0.25) is 0 Å². The Morgan fingerprint density at radius 2 is 2.16 bits per heavy atom. The first-order chi connectivity index (χ1) is 9.01. The molecule has 1 unspecified atom stereocenters. The van der Waals surface area contributed by atoms with Crippen molar-refractivity contribution in [1.29, 1.82) is 0 Å². The van der Waals surface area contributed by atoms with Crippen LogP contribution in [0.3, 0.4) is 0 Å². The van der Waals surface area contributed by atoms with Gasteiger partial charge in [-0.3, -0.25) is 14.4 Å². The number of rotatable bonds is 7. The van der Waals surface area contributed by atoms with Crippen LogP contribution in [-0.4, -0.2) is 37.0 Å². The van der Waals surface area contributed by atoms with Gasteiger partial charge in [-0.25, -0.2) is 0 Å². The molecule has 1 fully saturated rings. The molecule has 0 aliphatic carbocycles. The fourth-order valence-corrected chi connectivity index (χ4v) is 2.20. The topological polar surface area (TPSA) is 84.5 Å². The van der Waals surface area contributed by atoms with E-state index in [1.54, 1.807) is 0 Å². The first kappa shape index (κ1) is 15.5. The van der Waals surface area contributed by atoms with Gasteiger partial charge < -0.3 is 15.4 Å². The summed E-state index contributed by atoms with van der Waals surface area (Å²) >= 11 is 0. The van der Waals surface area contributed by atoms with Gasteiger partial charge in [0.2, 0.25) is 11.8 Å². The summed E-state index contributed by atoms with van der Waals surface area (Å²) in [4.78, 5) is 34.6. The van der Waals surface area contributed by atoms with Crippen LogP contribution in [0.1, 0.15) is 45.4 Å². The molecule has 0 bridgehead atoms. The van der Waals surface area contributed by atoms with Crippen LogP contribution < -0.4 is 10.6 Å². The number of unbranched alkanes of at least 4 members (excludes halogenated alkanes) is 2. The quantitative estimate of drug-likeness (QED) is 0.521. The van der Waals surface area contributed by atoms with Crippen molar-refractivity contribution < 1.29 is 19.1 Å². The molecule has 0 spiro atoms. The Bertz CT molecular complexity index is 357. The highest BCUT2D eigenvalue weighted by molar-refractivity contribution is 5.85. The molecule has 1 rings (SSSR count). The number of hydrogen-bond donors (Lipinski definition) is 2. The molecule has 0 aromatic carbocycles. The minimum Gasteiger partial charge on any atom is -0.469 e. The summed E-state index contributed by atoms with van der Waals surface area (Å²) in [6.45, 7) is 2.34. The minimum atomic E-state index is -0.826. The predicted molar refractivity (Wildman–Crippen MR) is 69.3 cm³/mol. The highest BCUT2D eigenvalue weighted by Gasteiger charge is 2.41. The number of ether oxygens (including phenoxy) is 1. The first-order valence-corrected chi connectivity index (χ1v) is 6.66. The monoisotopic (exact) mass is 270 g/mol. The fourth-order valence-electron chi connectivity index (χ4n) is 2.20. The average Bonchev–Trinajstić information content (AvgIpc) is 2.70. The third kappa shape index (κ3) is 4.89. The fraction of sp³-hybridized carbons (Fsp3) is 0.769. The smallest absolute Gasteiger partial charge is 0.307 e. The van der Waals surface area contributed by atoms with Crippen molar-refractivity contribution in [1.82, 2.24) is 10.6 Å². The zero-order chi connectivity index (χ0) is 14.3. The Morgan fingerprint density at radius 1 is 1.42 bits per heavy atom. The largest absolute Gasteiger partial charge is 0.469 e. The summed E-state index contributed by atoms with van der Waals surface area (Å²) in [5.41, 5.74) is -0.826. The summed E-state index contributed by atoms with van der Waals surface area (Å²) in [5, 5.41) is 5.47. The van der Waals surface area contributed by atoms with Crippen molar-refractivity contribution in [2.75, 3.05) is 13.7 Å². The Labute approximate surface area is 113 Å². The van der Waals surface area contributed by atoms with E-state index >= 15 is 0 Å². The summed E-state index contributed by atoms with van der Waals surface area (Å²) in [7, 11) is 1.29. The predicted octanol–water partition coefficient (Wildman–Crippen LogP) is 0.505. The lowest BCUT2D eigenvalue weighted by molar-refractivity contribution is -0.142. The van der Waals surface area contributed by atoms with Gasteiger partial charge in [0.05, 0.1) is 25.5 Å². The molecule has 6 nitrogen and oxygen atoms in total. The number of nitrogens with one attached hydrogen (secondary N) is 2. The van der Waals surface area contributed by atoms with E-state index in [1.807, 2.05) is 0 Å². The molecule has 1 saturated heterocycles. The van der Waals surface area contributed by atoms with E-state index in [1.165, 1.54) is 7.11 Å². The highest BCUT2D eigenvalue weighted by atomic mass is 16.5. The Kier molecular flexibility index (Phi) is 5.79. The van der Waals surface area contributed by atoms with Gasteiger partial charge in [0, 0.05) is 13.0 Å². The molecule has 2 N–H and O–H groups in total. The molecule has 0 saturated carbocycles. The van der Waals surface area contributed by atoms with E-state index in [0.717, 1.165) is 19.3 Å². The number of esters is 1. The van der Waals surface area contributed by atoms with Crippen LogP contribution in [0.25, 0.3) is 0 Å². The first-order valence-electron chi connectivity index (χ1n) is 6.66. The lowest BCUT2D eigenvalue weighted by atomic mass is 9.93. The number of amides is 2. The summed E-state index contributed by atoms with van der Waals surface area (Å²) in [6, 6.07) is 0. The van der Waals surface area contributed by atoms with Crippen LogP contribution in [0.4, 0.5) is 0 Å². The summed E-state index contributed by atoms with van der Waals surface area (Å²) in [6.07, 6.45) is 3.42. The molecule has 108 valence electrons. The molecular formula is C13H22N2O4. The van der Waals surface area contributed by atoms with Crippen molar-refractivity contribution in [2.45, 2.75) is 51.0 Å². The zero-order valence-corrected chi connectivity index (χ0v) is 11.6. The standard InChI is InChI=1S/C13H22N2O4/c1-3-4-5-6-10(16)15-13(8-12(18)19-2)7-11(17)14-9-13/h3-9H2,1-2H3,(H,14,17)(H,15,16). The summed E-state index contributed by atoms with van der Waals surface area (Å²) in [5.74, 6) is -0.697. The van der Waals surface area contributed by atoms with Gasteiger partial charge in [-0.2, -0.15) is 0 Å². The molecule has 6 heteroatoms. The maximum absolute atomic E-state index is 11.9. The molecule has 0 aromatic rings. The number of carbonyl (C=O) groups is 3. The van der Waals surface area contributed by atoms with E-state index in [-0.39, 0.29) is 31.2 Å². The van der Waals surface area contributed by atoms with Gasteiger partial charge in [0.25, 0.3) is 0 Å². The van der Waals surface area contributed by atoms with Crippen molar-refractivity contribution in [3.63, 3.8) is 0 Å². The van der Waals surface area contributed by atoms with Crippen molar-refractivity contribution in [2.24, 2.45) is 0 Å². The molecule has 19 heavy (non-hydrogen) atoms. The van der Waals surface area contributed by atoms with Crippen LogP contribution in [0.15, 0.2) is 0 Å². The lowest BCUT2D eigenvalue weighted by Crippen LogP contribution is -2.51. The zero-order valence-electron chi connectivity index (χ0n) is 11.6. The molecule has 1 aliphatic heterocycles. The highest BCUT2D eigenvalue weighted by Crippen LogP contribution is 2.21. The molecule has 1 atom stereocenters. The SMILES string of the molecule is CCCCCC(=O)NC1(CC(=O)OC)CNC(=O)C1. The van der Waals surface area contributed by atoms with E-state index in [9.17, 15) is 14.4 Å². The molecular weight excluding hydrogens is 248 g/mol. The molecule has 0 radical (unpaired) electrons. The summed E-state index contributed by atoms with van der Waals surface area (Å²) < 4.78 is 4.62. The maximum Gasteiger partial charge on any atom is 0.307 e. The normalized spacial score (nSPS) is 21.9. The minimum absolute atomic E-state index is 0.0156. The Hall–Kier alpha value is -1.59. The van der Waals surface area contributed by atoms with Gasteiger partial charge in [-0.1, -0.05) is 19.8 Å². The molecule has 1 aliphatic rings. The number of carbonyl (C=O) groups excluding carboxylic acids is 3. The number of hydrogen-bond acceptors (Lipinski definition) is 4. The van der Waals surface area contributed by atoms with E-state index in [4.69, 9.17) is 0 Å². The molecule has 1 heterocycles. The second-order valence-corrected chi connectivity index (χ2v) is 4.99. The van der Waals surface area contributed by atoms with E-state index in [2.05, 4.69) is 22.3 Å². The van der Waals surface area contributed by atoms with Crippen LogP contribution in [-0.2, 0) is 19.1 Å². The number of methoxy groups -OCH3 is 1. The van der Waals surface area contributed by atoms with Gasteiger partial charge >= 0.3 is 5.97 Å². The third-order valence-electron chi connectivity index (χ3n) is 3.25.